The fourth-order valence-corrected chi connectivity index (χ4v) is 2.03. The minimum Gasteiger partial charge on any atom is -0.507 e. The Bertz CT molecular complexity index is 594. The molecule has 0 aromatic heterocycles. The van der Waals surface area contributed by atoms with Gasteiger partial charge in [0.15, 0.2) is 0 Å². The van der Waals surface area contributed by atoms with E-state index in [1.807, 2.05) is 0 Å². The molecule has 0 aliphatic heterocycles. The quantitative estimate of drug-likeness (QED) is 0.640. The van der Waals surface area contributed by atoms with E-state index in [1.165, 1.54) is 0 Å². The normalized spacial score (nSPS) is 16.6. The minimum absolute atomic E-state index is 0.106. The van der Waals surface area contributed by atoms with Gasteiger partial charge in [0.1, 0.15) is 5.76 Å². The molecule has 0 radical (unpaired) electrons. The van der Waals surface area contributed by atoms with E-state index < -0.39 is 11.6 Å². The van der Waals surface area contributed by atoms with Crippen molar-refractivity contribution in [2.24, 2.45) is 5.92 Å². The van der Waals surface area contributed by atoms with E-state index in [4.69, 9.17) is 0 Å². The first kappa shape index (κ1) is 12.3. The third-order valence-electron chi connectivity index (χ3n) is 3.30. The van der Waals surface area contributed by atoms with Crippen LogP contribution in [0.2, 0.25) is 0 Å². The van der Waals surface area contributed by atoms with Crippen LogP contribution in [0, 0.1) is 5.92 Å². The zero-order valence-corrected chi connectivity index (χ0v) is 10.4. The lowest BCUT2D eigenvalue weighted by Gasteiger charge is -2.22. The maximum Gasteiger partial charge on any atom is 0.234 e. The molecule has 1 atom stereocenters. The van der Waals surface area contributed by atoms with Crippen molar-refractivity contribution in [1.29, 1.82) is 0 Å². The summed E-state index contributed by atoms with van der Waals surface area (Å²) in [4.78, 5) is 24.0. The molecule has 0 amide bonds. The Morgan fingerprint density at radius 1 is 1.17 bits per heavy atom. The van der Waals surface area contributed by atoms with Crippen molar-refractivity contribution >= 4 is 17.3 Å². The Labute approximate surface area is 105 Å². The summed E-state index contributed by atoms with van der Waals surface area (Å²) in [6.07, 6.45) is 0. The Kier molecular flexibility index (Phi) is 2.91. The number of fused-ring (bicyclic) bond motifs is 1. The standard InChI is InChI=1S/C15H14O3/c1-8(2)9(3)12-13(16)10-6-4-5-7-11(10)14(17)15(12)18/h4-7,9,16H,1H2,2-3H3. The molecule has 1 aromatic rings. The summed E-state index contributed by atoms with van der Waals surface area (Å²) in [6, 6.07) is 6.58. The molecule has 1 aliphatic carbocycles. The lowest BCUT2D eigenvalue weighted by molar-refractivity contribution is -0.112. The molecular weight excluding hydrogens is 228 g/mol. The number of hydrogen-bond donors (Lipinski definition) is 1. The fourth-order valence-electron chi connectivity index (χ4n) is 2.03. The summed E-state index contributed by atoms with van der Waals surface area (Å²) in [5, 5.41) is 10.2. The predicted molar refractivity (Wildman–Crippen MR) is 69.3 cm³/mol. The molecule has 0 bridgehead atoms. The number of Topliss-reactive ketones (excluding diaryl/α,β-unsaturated/α-hetero) is 2. The zero-order valence-electron chi connectivity index (χ0n) is 10.4. The maximum atomic E-state index is 12.0. The fraction of sp³-hybridized carbons (Fsp3) is 0.200. The average molecular weight is 242 g/mol. The molecule has 1 aromatic carbocycles. The van der Waals surface area contributed by atoms with Gasteiger partial charge in [-0.1, -0.05) is 43.3 Å². The first-order valence-corrected chi connectivity index (χ1v) is 5.72. The molecule has 0 saturated carbocycles. The number of aliphatic hydroxyl groups is 1. The number of carbonyl (C=O) groups is 2. The van der Waals surface area contributed by atoms with Gasteiger partial charge in [-0.2, -0.15) is 0 Å². The number of benzene rings is 1. The van der Waals surface area contributed by atoms with Gasteiger partial charge in [-0.15, -0.1) is 0 Å². The topological polar surface area (TPSA) is 54.4 Å². The van der Waals surface area contributed by atoms with Crippen LogP contribution in [0.3, 0.4) is 0 Å². The minimum atomic E-state index is -0.637. The Hall–Kier alpha value is -2.16. The van der Waals surface area contributed by atoms with Gasteiger partial charge in [0.25, 0.3) is 0 Å². The SMILES string of the molecule is C=C(C)C(C)C1=C(O)c2ccccc2C(=O)C1=O. The second-order valence-electron chi connectivity index (χ2n) is 4.53. The molecule has 1 unspecified atom stereocenters. The van der Waals surface area contributed by atoms with Crippen LogP contribution in [-0.2, 0) is 4.79 Å². The molecule has 1 aliphatic rings. The van der Waals surface area contributed by atoms with Crippen LogP contribution in [0.4, 0.5) is 0 Å². The van der Waals surface area contributed by atoms with Gasteiger partial charge >= 0.3 is 0 Å². The van der Waals surface area contributed by atoms with Crippen LogP contribution in [0.25, 0.3) is 5.76 Å². The summed E-state index contributed by atoms with van der Waals surface area (Å²) in [7, 11) is 0. The van der Waals surface area contributed by atoms with Crippen molar-refractivity contribution in [3.05, 3.63) is 53.1 Å². The number of hydrogen-bond acceptors (Lipinski definition) is 3. The first-order valence-electron chi connectivity index (χ1n) is 5.72. The van der Waals surface area contributed by atoms with Crippen molar-refractivity contribution in [3.8, 4) is 0 Å². The molecule has 92 valence electrons. The lowest BCUT2D eigenvalue weighted by Crippen LogP contribution is -2.27. The third kappa shape index (κ3) is 1.68. The monoisotopic (exact) mass is 242 g/mol. The highest BCUT2D eigenvalue weighted by Gasteiger charge is 2.35. The number of ketones is 2. The number of aliphatic hydroxyl groups excluding tert-OH is 1. The molecule has 0 spiro atoms. The molecule has 0 heterocycles. The van der Waals surface area contributed by atoms with E-state index in [1.54, 1.807) is 38.1 Å². The summed E-state index contributed by atoms with van der Waals surface area (Å²) >= 11 is 0. The zero-order chi connectivity index (χ0) is 13.4. The Morgan fingerprint density at radius 3 is 2.28 bits per heavy atom. The van der Waals surface area contributed by atoms with E-state index in [0.29, 0.717) is 5.56 Å². The van der Waals surface area contributed by atoms with Crippen molar-refractivity contribution in [1.82, 2.24) is 0 Å². The van der Waals surface area contributed by atoms with Gasteiger partial charge in [0.05, 0.1) is 5.57 Å². The Balaban J connectivity index is 2.70. The second kappa shape index (κ2) is 4.26. The van der Waals surface area contributed by atoms with E-state index in [0.717, 1.165) is 5.57 Å². The smallest absolute Gasteiger partial charge is 0.234 e. The van der Waals surface area contributed by atoms with Gasteiger partial charge in [-0.25, -0.2) is 0 Å². The van der Waals surface area contributed by atoms with Gasteiger partial charge in [0.2, 0.25) is 11.6 Å². The van der Waals surface area contributed by atoms with Gasteiger partial charge in [-0.3, -0.25) is 9.59 Å². The van der Waals surface area contributed by atoms with Crippen LogP contribution in [0.1, 0.15) is 29.8 Å². The molecule has 3 heteroatoms. The van der Waals surface area contributed by atoms with Gasteiger partial charge in [-0.05, 0) is 6.92 Å². The molecule has 3 nitrogen and oxygen atoms in total. The predicted octanol–water partition coefficient (Wildman–Crippen LogP) is 2.93. The molecule has 0 fully saturated rings. The average Bonchev–Trinajstić information content (AvgIpc) is 2.36. The lowest BCUT2D eigenvalue weighted by atomic mass is 9.81. The number of rotatable bonds is 2. The van der Waals surface area contributed by atoms with E-state index >= 15 is 0 Å². The van der Waals surface area contributed by atoms with E-state index in [-0.39, 0.29) is 22.8 Å². The molecule has 0 saturated heterocycles. The van der Waals surface area contributed by atoms with Gasteiger partial charge < -0.3 is 5.11 Å². The first-order chi connectivity index (χ1) is 8.45. The van der Waals surface area contributed by atoms with Crippen molar-refractivity contribution < 1.29 is 14.7 Å². The third-order valence-corrected chi connectivity index (χ3v) is 3.30. The summed E-state index contributed by atoms with van der Waals surface area (Å²) in [5.74, 6) is -1.64. The highest BCUT2D eigenvalue weighted by Crippen LogP contribution is 2.33. The number of allylic oxidation sites excluding steroid dienone is 2. The van der Waals surface area contributed by atoms with Crippen molar-refractivity contribution in [2.75, 3.05) is 0 Å². The van der Waals surface area contributed by atoms with Gasteiger partial charge in [0, 0.05) is 17.0 Å². The highest BCUT2D eigenvalue weighted by atomic mass is 16.3. The van der Waals surface area contributed by atoms with Crippen LogP contribution in [0.15, 0.2) is 42.0 Å². The van der Waals surface area contributed by atoms with Crippen molar-refractivity contribution in [3.63, 3.8) is 0 Å². The largest absolute Gasteiger partial charge is 0.507 e. The second-order valence-corrected chi connectivity index (χ2v) is 4.53. The summed E-state index contributed by atoms with van der Waals surface area (Å²) in [5.41, 5.74) is 1.56. The number of carbonyl (C=O) groups excluding carboxylic acids is 2. The molecule has 18 heavy (non-hydrogen) atoms. The van der Waals surface area contributed by atoms with Crippen LogP contribution in [0.5, 0.6) is 0 Å². The Morgan fingerprint density at radius 2 is 1.72 bits per heavy atom. The summed E-state index contributed by atoms with van der Waals surface area (Å²) in [6.45, 7) is 7.30. The summed E-state index contributed by atoms with van der Waals surface area (Å²) < 4.78 is 0. The van der Waals surface area contributed by atoms with E-state index in [9.17, 15) is 14.7 Å². The maximum absolute atomic E-state index is 12.0. The van der Waals surface area contributed by atoms with Crippen LogP contribution in [-0.4, -0.2) is 16.7 Å². The van der Waals surface area contributed by atoms with E-state index in [2.05, 4.69) is 6.58 Å². The molecule has 2 rings (SSSR count). The molecule has 1 N–H and O–H groups in total. The molecular formula is C15H14O3. The highest BCUT2D eigenvalue weighted by molar-refractivity contribution is 6.52. The van der Waals surface area contributed by atoms with Crippen molar-refractivity contribution in [2.45, 2.75) is 13.8 Å². The van der Waals surface area contributed by atoms with Crippen LogP contribution >= 0.6 is 0 Å². The van der Waals surface area contributed by atoms with Crippen LogP contribution < -0.4 is 0 Å².